The number of anilines is 1. The van der Waals surface area contributed by atoms with Crippen molar-refractivity contribution in [1.82, 2.24) is 9.71 Å². The summed E-state index contributed by atoms with van der Waals surface area (Å²) in [7, 11) is -1.97. The summed E-state index contributed by atoms with van der Waals surface area (Å²) < 4.78 is 32.6. The molecule has 1 aromatic heterocycles. The van der Waals surface area contributed by atoms with Gasteiger partial charge in [0.25, 0.3) is 0 Å². The van der Waals surface area contributed by atoms with E-state index < -0.39 is 10.0 Å². The molecular formula is C13H20ClN3O3S. The van der Waals surface area contributed by atoms with E-state index in [-0.39, 0.29) is 17.0 Å². The number of sulfonamides is 1. The van der Waals surface area contributed by atoms with Gasteiger partial charge in [0.1, 0.15) is 10.7 Å². The molecule has 2 unspecified atom stereocenters. The molecule has 8 heteroatoms. The van der Waals surface area contributed by atoms with Gasteiger partial charge < -0.3 is 10.1 Å². The molecule has 1 saturated carbocycles. The molecule has 2 atom stereocenters. The number of halogens is 1. The third-order valence-corrected chi connectivity index (χ3v) is 5.29. The molecule has 0 spiro atoms. The minimum atomic E-state index is -3.61. The van der Waals surface area contributed by atoms with Crippen LogP contribution in [0, 0.1) is 0 Å². The number of rotatable bonds is 6. The van der Waals surface area contributed by atoms with Crippen molar-refractivity contribution in [3.63, 3.8) is 0 Å². The summed E-state index contributed by atoms with van der Waals surface area (Å²) in [5, 5.41) is 3.26. The molecule has 0 radical (unpaired) electrons. The largest absolute Gasteiger partial charge is 0.381 e. The van der Waals surface area contributed by atoms with Crippen molar-refractivity contribution in [3.05, 3.63) is 17.3 Å². The summed E-state index contributed by atoms with van der Waals surface area (Å²) in [5.74, 6) is 0.485. The Labute approximate surface area is 130 Å². The van der Waals surface area contributed by atoms with E-state index in [9.17, 15) is 8.42 Å². The fourth-order valence-corrected chi connectivity index (χ4v) is 3.96. The topological polar surface area (TPSA) is 80.3 Å². The van der Waals surface area contributed by atoms with Crippen molar-refractivity contribution in [2.45, 2.75) is 43.2 Å². The zero-order valence-corrected chi connectivity index (χ0v) is 13.7. The molecule has 1 fully saturated rings. The van der Waals surface area contributed by atoms with Crippen molar-refractivity contribution < 1.29 is 13.2 Å². The third-order valence-electron chi connectivity index (χ3n) is 3.51. The van der Waals surface area contributed by atoms with Gasteiger partial charge in [-0.25, -0.2) is 18.1 Å². The number of nitrogens with one attached hydrogen (secondary N) is 2. The molecule has 1 heterocycles. The number of hydrogen-bond donors (Lipinski definition) is 2. The quantitative estimate of drug-likeness (QED) is 0.832. The van der Waals surface area contributed by atoms with Crippen LogP contribution in [0.4, 0.5) is 5.82 Å². The summed E-state index contributed by atoms with van der Waals surface area (Å²) in [5.41, 5.74) is 0. The van der Waals surface area contributed by atoms with Crippen molar-refractivity contribution in [2.75, 3.05) is 19.0 Å². The second-order valence-electron chi connectivity index (χ2n) is 5.02. The number of ether oxygens (including phenoxy) is 1. The van der Waals surface area contributed by atoms with Crippen LogP contribution < -0.4 is 10.0 Å². The Kier molecular flexibility index (Phi) is 5.43. The van der Waals surface area contributed by atoms with E-state index in [0.29, 0.717) is 23.8 Å². The number of nitrogens with zero attached hydrogens (tertiary/aromatic N) is 1. The predicted octanol–water partition coefficient (Wildman–Crippen LogP) is 2.01. The summed E-state index contributed by atoms with van der Waals surface area (Å²) in [6, 6.07) is 1.31. The minimum absolute atomic E-state index is 0.0787. The van der Waals surface area contributed by atoms with Crippen LogP contribution >= 0.6 is 11.6 Å². The highest BCUT2D eigenvalue weighted by atomic mass is 35.5. The van der Waals surface area contributed by atoms with Gasteiger partial charge in [-0.15, -0.1) is 0 Å². The van der Waals surface area contributed by atoms with Gasteiger partial charge in [0.15, 0.2) is 0 Å². The van der Waals surface area contributed by atoms with Crippen LogP contribution in [0.1, 0.15) is 26.2 Å². The monoisotopic (exact) mass is 333 g/mol. The first-order valence-corrected chi connectivity index (χ1v) is 8.77. The van der Waals surface area contributed by atoms with Crippen LogP contribution in [0.2, 0.25) is 5.02 Å². The normalized spacial score (nSPS) is 22.4. The molecule has 1 aliphatic carbocycles. The van der Waals surface area contributed by atoms with Crippen LogP contribution in [0.3, 0.4) is 0 Å². The fraction of sp³-hybridized carbons (Fsp3) is 0.615. The van der Waals surface area contributed by atoms with E-state index in [1.54, 1.807) is 7.11 Å². The van der Waals surface area contributed by atoms with E-state index in [1.807, 2.05) is 6.92 Å². The molecule has 0 bridgehead atoms. The summed E-state index contributed by atoms with van der Waals surface area (Å²) in [6.45, 7) is 2.58. The number of pyridine rings is 1. The summed E-state index contributed by atoms with van der Waals surface area (Å²) >= 11 is 6.04. The summed E-state index contributed by atoms with van der Waals surface area (Å²) in [6.07, 6.45) is 3.76. The van der Waals surface area contributed by atoms with Crippen LogP contribution in [-0.2, 0) is 14.8 Å². The molecule has 0 aromatic carbocycles. The van der Waals surface area contributed by atoms with Crippen molar-refractivity contribution in [3.8, 4) is 0 Å². The Morgan fingerprint density at radius 3 is 2.81 bits per heavy atom. The van der Waals surface area contributed by atoms with Crippen molar-refractivity contribution >= 4 is 27.4 Å². The Hall–Kier alpha value is -0.890. The zero-order valence-electron chi connectivity index (χ0n) is 12.1. The number of methoxy groups -OCH3 is 1. The first kappa shape index (κ1) is 16.5. The maximum absolute atomic E-state index is 12.3. The second kappa shape index (κ2) is 6.91. The minimum Gasteiger partial charge on any atom is -0.381 e. The van der Waals surface area contributed by atoms with Gasteiger partial charge in [0, 0.05) is 25.9 Å². The Morgan fingerprint density at radius 1 is 1.48 bits per heavy atom. The molecule has 0 amide bonds. The number of hydrogen-bond acceptors (Lipinski definition) is 5. The van der Waals surface area contributed by atoms with Gasteiger partial charge in [-0.05, 0) is 32.3 Å². The smallest absolute Gasteiger partial charge is 0.242 e. The third kappa shape index (κ3) is 4.06. The molecule has 1 aliphatic rings. The van der Waals surface area contributed by atoms with Crippen molar-refractivity contribution in [2.24, 2.45) is 0 Å². The molecule has 2 N–H and O–H groups in total. The van der Waals surface area contributed by atoms with Gasteiger partial charge in [-0.3, -0.25) is 0 Å². The average Bonchev–Trinajstić information content (AvgIpc) is 2.88. The number of aromatic nitrogens is 1. The fourth-order valence-electron chi connectivity index (χ4n) is 2.41. The van der Waals surface area contributed by atoms with Crippen molar-refractivity contribution in [1.29, 1.82) is 0 Å². The highest BCUT2D eigenvalue weighted by Crippen LogP contribution is 2.25. The van der Waals surface area contributed by atoms with E-state index >= 15 is 0 Å². The highest BCUT2D eigenvalue weighted by molar-refractivity contribution is 7.89. The maximum atomic E-state index is 12.3. The van der Waals surface area contributed by atoms with E-state index in [0.717, 1.165) is 12.8 Å². The lowest BCUT2D eigenvalue weighted by atomic mass is 10.3. The van der Waals surface area contributed by atoms with E-state index in [1.165, 1.54) is 12.3 Å². The van der Waals surface area contributed by atoms with Crippen LogP contribution in [-0.4, -0.2) is 39.2 Å². The van der Waals surface area contributed by atoms with Gasteiger partial charge >= 0.3 is 0 Å². The highest BCUT2D eigenvalue weighted by Gasteiger charge is 2.29. The molecule has 2 rings (SSSR count). The standard InChI is InChI=1S/C13H20ClN3O3S/c1-3-15-13-12(14)7-11(8-16-13)21(18,19)17-9-4-5-10(6-9)20-2/h7-10,17H,3-6H2,1-2H3,(H,15,16). The molecule has 21 heavy (non-hydrogen) atoms. The lowest BCUT2D eigenvalue weighted by molar-refractivity contribution is 0.107. The van der Waals surface area contributed by atoms with Gasteiger partial charge in [0.05, 0.1) is 11.1 Å². The molecule has 1 aromatic rings. The zero-order chi connectivity index (χ0) is 15.5. The van der Waals surface area contributed by atoms with Gasteiger partial charge in [-0.1, -0.05) is 11.6 Å². The first-order chi connectivity index (χ1) is 9.96. The molecule has 118 valence electrons. The van der Waals surface area contributed by atoms with Crippen LogP contribution in [0.15, 0.2) is 17.2 Å². The van der Waals surface area contributed by atoms with Gasteiger partial charge in [-0.2, -0.15) is 0 Å². The van der Waals surface area contributed by atoms with E-state index in [4.69, 9.17) is 16.3 Å². The van der Waals surface area contributed by atoms with Crippen LogP contribution in [0.5, 0.6) is 0 Å². The maximum Gasteiger partial charge on any atom is 0.242 e. The van der Waals surface area contributed by atoms with Crippen LogP contribution in [0.25, 0.3) is 0 Å². The van der Waals surface area contributed by atoms with Gasteiger partial charge in [0.2, 0.25) is 10.0 Å². The molecule has 0 aliphatic heterocycles. The Balaban J connectivity index is 2.11. The molecule has 6 nitrogen and oxygen atoms in total. The first-order valence-electron chi connectivity index (χ1n) is 6.90. The second-order valence-corrected chi connectivity index (χ2v) is 7.14. The van der Waals surface area contributed by atoms with E-state index in [2.05, 4.69) is 15.0 Å². The summed E-state index contributed by atoms with van der Waals surface area (Å²) in [4.78, 5) is 4.13. The predicted molar refractivity (Wildman–Crippen MR) is 82.2 cm³/mol. The Morgan fingerprint density at radius 2 is 2.24 bits per heavy atom. The Bertz CT molecular complexity index is 594. The lowest BCUT2D eigenvalue weighted by Crippen LogP contribution is -2.33. The molecular weight excluding hydrogens is 314 g/mol. The molecule has 0 saturated heterocycles. The average molecular weight is 334 g/mol. The SMILES string of the molecule is CCNc1ncc(S(=O)(=O)NC2CCC(OC)C2)cc1Cl. The lowest BCUT2D eigenvalue weighted by Gasteiger charge is -2.14.